The molecule has 1 amide bonds. The monoisotopic (exact) mass is 347 g/mol. The van der Waals surface area contributed by atoms with Crippen molar-refractivity contribution in [3.05, 3.63) is 11.3 Å². The first-order valence-electron chi connectivity index (χ1n) is 9.50. The van der Waals surface area contributed by atoms with E-state index in [9.17, 15) is 4.79 Å². The predicted octanol–water partition coefficient (Wildman–Crippen LogP) is 2.92. The number of ether oxygens (including phenoxy) is 1. The van der Waals surface area contributed by atoms with Crippen molar-refractivity contribution in [3.8, 4) is 0 Å². The number of amides is 1. The van der Waals surface area contributed by atoms with E-state index in [2.05, 4.69) is 46.4 Å². The number of aliphatic imine (C=N–C) groups is 1. The van der Waals surface area contributed by atoms with Gasteiger partial charge in [-0.3, -0.25) is 9.79 Å². The van der Waals surface area contributed by atoms with Gasteiger partial charge < -0.3 is 14.5 Å². The molecule has 0 bridgehead atoms. The molecule has 1 atom stereocenters. The van der Waals surface area contributed by atoms with Crippen molar-refractivity contribution >= 4 is 11.7 Å². The SMILES string of the molecule is CC(C)C1=N[C@@H](C)C(C(C)(C)C)=C2CN(C(=O)C3(C)COC3)CCN12. The van der Waals surface area contributed by atoms with Crippen LogP contribution < -0.4 is 0 Å². The van der Waals surface area contributed by atoms with Crippen molar-refractivity contribution < 1.29 is 9.53 Å². The minimum atomic E-state index is -0.333. The van der Waals surface area contributed by atoms with Gasteiger partial charge in [-0.15, -0.1) is 0 Å². The summed E-state index contributed by atoms with van der Waals surface area (Å²) >= 11 is 0. The highest BCUT2D eigenvalue weighted by molar-refractivity contribution is 5.89. The smallest absolute Gasteiger partial charge is 0.233 e. The summed E-state index contributed by atoms with van der Waals surface area (Å²) < 4.78 is 5.31. The molecule has 0 saturated carbocycles. The largest absolute Gasteiger partial charge is 0.379 e. The molecule has 3 heterocycles. The zero-order valence-electron chi connectivity index (χ0n) is 16.8. The van der Waals surface area contributed by atoms with Crippen LogP contribution in [0.3, 0.4) is 0 Å². The number of fused-ring (bicyclic) bond motifs is 1. The Balaban J connectivity index is 1.95. The number of nitrogens with zero attached hydrogens (tertiary/aromatic N) is 3. The fourth-order valence-electron chi connectivity index (χ4n) is 4.37. The summed E-state index contributed by atoms with van der Waals surface area (Å²) in [5, 5.41) is 0. The van der Waals surface area contributed by atoms with Crippen LogP contribution in [0, 0.1) is 16.7 Å². The molecule has 25 heavy (non-hydrogen) atoms. The van der Waals surface area contributed by atoms with Crippen LogP contribution in [-0.4, -0.2) is 60.4 Å². The van der Waals surface area contributed by atoms with Crippen molar-refractivity contribution in [2.45, 2.75) is 54.5 Å². The van der Waals surface area contributed by atoms with Crippen LogP contribution in [0.5, 0.6) is 0 Å². The van der Waals surface area contributed by atoms with E-state index in [-0.39, 0.29) is 22.8 Å². The zero-order chi connectivity index (χ0) is 18.6. The lowest BCUT2D eigenvalue weighted by Gasteiger charge is -2.48. The molecule has 2 fully saturated rings. The van der Waals surface area contributed by atoms with Gasteiger partial charge in [0.15, 0.2) is 0 Å². The Bertz CT molecular complexity index is 623. The van der Waals surface area contributed by atoms with E-state index in [0.717, 1.165) is 13.1 Å². The maximum absolute atomic E-state index is 13.0. The Kier molecular flexibility index (Phi) is 4.51. The third-order valence-corrected chi connectivity index (χ3v) is 5.56. The maximum atomic E-state index is 13.0. The lowest BCUT2D eigenvalue weighted by molar-refractivity contribution is -0.169. The molecule has 0 aliphatic carbocycles. The van der Waals surface area contributed by atoms with Crippen molar-refractivity contribution in [2.75, 3.05) is 32.8 Å². The molecule has 5 nitrogen and oxygen atoms in total. The molecule has 3 aliphatic heterocycles. The van der Waals surface area contributed by atoms with Crippen LogP contribution in [0.25, 0.3) is 0 Å². The van der Waals surface area contributed by atoms with Gasteiger partial charge in [0.05, 0.1) is 31.2 Å². The standard InChI is InChI=1S/C20H33N3O2/c1-13(2)17-21-14(3)16(19(4,5)6)15-10-22(8-9-23(15)17)18(24)20(7)11-25-12-20/h13-14H,8-12H2,1-7H3/t14-/m0/s1. The first-order valence-corrected chi connectivity index (χ1v) is 9.50. The lowest BCUT2D eigenvalue weighted by Crippen LogP contribution is -2.59. The van der Waals surface area contributed by atoms with Crippen molar-refractivity contribution in [3.63, 3.8) is 0 Å². The normalized spacial score (nSPS) is 26.4. The van der Waals surface area contributed by atoms with Gasteiger partial charge in [-0.05, 0) is 24.8 Å². The Hall–Kier alpha value is -1.36. The van der Waals surface area contributed by atoms with Crippen LogP contribution in [0.4, 0.5) is 0 Å². The summed E-state index contributed by atoms with van der Waals surface area (Å²) in [6.45, 7) is 18.8. The van der Waals surface area contributed by atoms with Gasteiger partial charge in [0.25, 0.3) is 0 Å². The lowest BCUT2D eigenvalue weighted by atomic mass is 9.79. The topological polar surface area (TPSA) is 45.1 Å². The predicted molar refractivity (Wildman–Crippen MR) is 100 cm³/mol. The Labute approximate surface area is 152 Å². The van der Waals surface area contributed by atoms with E-state index >= 15 is 0 Å². The summed E-state index contributed by atoms with van der Waals surface area (Å²) in [6.07, 6.45) is 0. The average Bonchev–Trinajstić information content (AvgIpc) is 2.48. The molecule has 0 spiro atoms. The van der Waals surface area contributed by atoms with Gasteiger partial charge in [0, 0.05) is 24.7 Å². The van der Waals surface area contributed by atoms with E-state index in [4.69, 9.17) is 9.73 Å². The molecule has 0 radical (unpaired) electrons. The minimum absolute atomic E-state index is 0.0363. The molecule has 5 heteroatoms. The molecule has 0 unspecified atom stereocenters. The van der Waals surface area contributed by atoms with Crippen molar-refractivity contribution in [1.29, 1.82) is 0 Å². The molecule has 140 valence electrons. The second-order valence-corrected chi connectivity index (χ2v) is 9.36. The number of carbonyl (C=O) groups is 1. The highest BCUT2D eigenvalue weighted by atomic mass is 16.5. The number of carbonyl (C=O) groups excluding carboxylic acids is 1. The van der Waals surface area contributed by atoms with Crippen molar-refractivity contribution in [1.82, 2.24) is 9.80 Å². The third kappa shape index (κ3) is 3.12. The highest BCUT2D eigenvalue weighted by Gasteiger charge is 2.46. The molecule has 0 N–H and O–H groups in total. The highest BCUT2D eigenvalue weighted by Crippen LogP contribution is 2.39. The van der Waals surface area contributed by atoms with Gasteiger partial charge >= 0.3 is 0 Å². The number of amidine groups is 1. The van der Waals surface area contributed by atoms with Crippen molar-refractivity contribution in [2.24, 2.45) is 21.7 Å². The summed E-state index contributed by atoms with van der Waals surface area (Å²) in [5.41, 5.74) is 2.36. The Morgan fingerprint density at radius 3 is 2.40 bits per heavy atom. The first-order chi connectivity index (χ1) is 11.5. The number of hydrogen-bond acceptors (Lipinski definition) is 4. The van der Waals surface area contributed by atoms with E-state index in [1.54, 1.807) is 0 Å². The third-order valence-electron chi connectivity index (χ3n) is 5.56. The zero-order valence-corrected chi connectivity index (χ0v) is 16.8. The van der Waals surface area contributed by atoms with Gasteiger partial charge in [-0.1, -0.05) is 34.6 Å². The van der Waals surface area contributed by atoms with Crippen LogP contribution in [0.1, 0.15) is 48.5 Å². The van der Waals surface area contributed by atoms with Crippen LogP contribution in [0.2, 0.25) is 0 Å². The second-order valence-electron chi connectivity index (χ2n) is 9.36. The van der Waals surface area contributed by atoms with E-state index in [1.165, 1.54) is 17.1 Å². The summed E-state index contributed by atoms with van der Waals surface area (Å²) in [7, 11) is 0. The molecule has 0 aromatic carbocycles. The molecule has 3 rings (SSSR count). The number of piperazine rings is 1. The molecular weight excluding hydrogens is 314 g/mol. The van der Waals surface area contributed by atoms with E-state index in [1.807, 2.05) is 11.8 Å². The Morgan fingerprint density at radius 1 is 1.28 bits per heavy atom. The van der Waals surface area contributed by atoms with Crippen LogP contribution in [0.15, 0.2) is 16.3 Å². The fraction of sp³-hybridized carbons (Fsp3) is 0.800. The summed E-state index contributed by atoms with van der Waals surface area (Å²) in [6, 6.07) is 0.168. The summed E-state index contributed by atoms with van der Waals surface area (Å²) in [4.78, 5) is 22.4. The second kappa shape index (κ2) is 6.11. The number of hydrogen-bond donors (Lipinski definition) is 0. The van der Waals surface area contributed by atoms with Crippen LogP contribution in [-0.2, 0) is 9.53 Å². The Morgan fingerprint density at radius 2 is 1.92 bits per heavy atom. The molecule has 0 aromatic heterocycles. The molecule has 3 aliphatic rings. The van der Waals surface area contributed by atoms with Gasteiger partial charge in [-0.25, -0.2) is 0 Å². The summed E-state index contributed by atoms with van der Waals surface area (Å²) in [5.74, 6) is 1.79. The van der Waals surface area contributed by atoms with Gasteiger partial charge in [-0.2, -0.15) is 0 Å². The maximum Gasteiger partial charge on any atom is 0.233 e. The fourth-order valence-corrected chi connectivity index (χ4v) is 4.37. The minimum Gasteiger partial charge on any atom is -0.379 e. The molecule has 2 saturated heterocycles. The average molecular weight is 348 g/mol. The van der Waals surface area contributed by atoms with E-state index in [0.29, 0.717) is 25.7 Å². The quantitative estimate of drug-likeness (QED) is 0.771. The first kappa shape index (κ1) is 18.4. The molecule has 0 aromatic rings. The van der Waals surface area contributed by atoms with Crippen LogP contribution >= 0.6 is 0 Å². The van der Waals surface area contributed by atoms with E-state index < -0.39 is 0 Å². The van der Waals surface area contributed by atoms with Gasteiger partial charge in [0.2, 0.25) is 5.91 Å². The number of rotatable bonds is 2. The molecular formula is C20H33N3O2. The van der Waals surface area contributed by atoms with Gasteiger partial charge in [0.1, 0.15) is 5.84 Å².